The maximum absolute atomic E-state index is 5.25. The molecule has 1 aromatic heterocycles. The van der Waals surface area contributed by atoms with Crippen LogP contribution in [0.25, 0.3) is 0 Å². The molecule has 0 bridgehead atoms. The van der Waals surface area contributed by atoms with Crippen LogP contribution in [0.5, 0.6) is 5.75 Å². The van der Waals surface area contributed by atoms with Crippen molar-refractivity contribution in [1.82, 2.24) is 15.2 Å². The maximum atomic E-state index is 5.25. The number of anilines is 1. The van der Waals surface area contributed by atoms with E-state index in [1.165, 1.54) is 10.7 Å². The van der Waals surface area contributed by atoms with Crippen molar-refractivity contribution >= 4 is 47.0 Å². The van der Waals surface area contributed by atoms with Crippen LogP contribution in [-0.2, 0) is 12.8 Å². The molecule has 160 valence electrons. The molecule has 1 fully saturated rings. The number of benzene rings is 1. The molecule has 0 unspecified atom stereocenters. The summed E-state index contributed by atoms with van der Waals surface area (Å²) in [5.74, 6) is 1.91. The first-order valence-electron chi connectivity index (χ1n) is 10.1. The number of aromatic nitrogens is 1. The second-order valence-electron chi connectivity index (χ2n) is 6.74. The Kier molecular flexibility index (Phi) is 9.99. The normalized spacial score (nSPS) is 14.5. The van der Waals surface area contributed by atoms with Gasteiger partial charge in [-0.05, 0) is 37.6 Å². The molecule has 8 heteroatoms. The first kappa shape index (κ1) is 23.7. The minimum Gasteiger partial charge on any atom is -0.497 e. The number of nitrogens with one attached hydrogen (secondary N) is 1. The summed E-state index contributed by atoms with van der Waals surface area (Å²) in [7, 11) is 1.70. The van der Waals surface area contributed by atoms with Gasteiger partial charge in [0.1, 0.15) is 5.75 Å². The van der Waals surface area contributed by atoms with Crippen LogP contribution < -0.4 is 15.0 Å². The Morgan fingerprint density at radius 3 is 2.48 bits per heavy atom. The van der Waals surface area contributed by atoms with Gasteiger partial charge in [0.05, 0.1) is 17.8 Å². The van der Waals surface area contributed by atoms with Gasteiger partial charge in [-0.25, -0.2) is 4.98 Å². The molecule has 0 amide bonds. The SMILES string of the molecule is CCNC(=NCCc1csc(CC)n1)N1CCN(c2ccc(OC)cc2)CC1.I. The summed E-state index contributed by atoms with van der Waals surface area (Å²) in [5.41, 5.74) is 2.41. The van der Waals surface area contributed by atoms with Gasteiger partial charge in [-0.1, -0.05) is 6.92 Å². The zero-order chi connectivity index (χ0) is 19.8. The quantitative estimate of drug-likeness (QED) is 0.337. The lowest BCUT2D eigenvalue weighted by Gasteiger charge is -2.37. The highest BCUT2D eigenvalue weighted by Gasteiger charge is 2.19. The van der Waals surface area contributed by atoms with E-state index in [0.29, 0.717) is 0 Å². The van der Waals surface area contributed by atoms with Crippen LogP contribution in [0, 0.1) is 0 Å². The van der Waals surface area contributed by atoms with Crippen molar-refractivity contribution in [2.45, 2.75) is 26.7 Å². The number of halogens is 1. The van der Waals surface area contributed by atoms with Crippen LogP contribution >= 0.6 is 35.3 Å². The average Bonchev–Trinajstić information content (AvgIpc) is 3.21. The highest BCUT2D eigenvalue weighted by Crippen LogP contribution is 2.20. The monoisotopic (exact) mass is 529 g/mol. The van der Waals surface area contributed by atoms with Gasteiger partial charge in [0.15, 0.2) is 5.96 Å². The Morgan fingerprint density at radius 1 is 1.17 bits per heavy atom. The highest BCUT2D eigenvalue weighted by atomic mass is 127. The lowest BCUT2D eigenvalue weighted by atomic mass is 10.2. The van der Waals surface area contributed by atoms with Gasteiger partial charge in [-0.3, -0.25) is 4.99 Å². The van der Waals surface area contributed by atoms with Crippen LogP contribution in [0.3, 0.4) is 0 Å². The van der Waals surface area contributed by atoms with Gasteiger partial charge in [0.2, 0.25) is 0 Å². The minimum absolute atomic E-state index is 0. The Labute approximate surface area is 195 Å². The molecule has 1 N–H and O–H groups in total. The molecule has 2 aromatic rings. The molecular weight excluding hydrogens is 497 g/mol. The zero-order valence-corrected chi connectivity index (χ0v) is 20.7. The van der Waals surface area contributed by atoms with Crippen LogP contribution in [0.1, 0.15) is 24.5 Å². The molecule has 0 radical (unpaired) electrons. The van der Waals surface area contributed by atoms with Crippen molar-refractivity contribution in [3.63, 3.8) is 0 Å². The van der Waals surface area contributed by atoms with Gasteiger partial charge < -0.3 is 19.9 Å². The summed E-state index contributed by atoms with van der Waals surface area (Å²) in [6.45, 7) is 9.84. The average molecular weight is 529 g/mol. The third kappa shape index (κ3) is 6.74. The molecule has 6 nitrogen and oxygen atoms in total. The molecule has 29 heavy (non-hydrogen) atoms. The molecule has 0 aliphatic carbocycles. The Bertz CT molecular complexity index is 757. The van der Waals surface area contributed by atoms with E-state index in [4.69, 9.17) is 9.73 Å². The molecule has 3 rings (SSSR count). The van der Waals surface area contributed by atoms with E-state index in [-0.39, 0.29) is 24.0 Å². The predicted molar refractivity (Wildman–Crippen MR) is 133 cm³/mol. The van der Waals surface area contributed by atoms with Crippen molar-refractivity contribution in [2.75, 3.05) is 51.3 Å². The molecule has 0 saturated carbocycles. The fourth-order valence-corrected chi connectivity index (χ4v) is 4.08. The maximum Gasteiger partial charge on any atom is 0.194 e. The van der Waals surface area contributed by atoms with Gasteiger partial charge in [-0.2, -0.15) is 0 Å². The number of ether oxygens (including phenoxy) is 1. The highest BCUT2D eigenvalue weighted by molar-refractivity contribution is 14.0. The second kappa shape index (κ2) is 12.2. The van der Waals surface area contributed by atoms with Crippen LogP contribution in [0.15, 0.2) is 34.6 Å². The van der Waals surface area contributed by atoms with E-state index in [1.54, 1.807) is 18.4 Å². The second-order valence-corrected chi connectivity index (χ2v) is 7.69. The number of aliphatic imine (C=N–C) groups is 1. The Morgan fingerprint density at radius 2 is 1.90 bits per heavy atom. The van der Waals surface area contributed by atoms with E-state index in [2.05, 4.69) is 51.5 Å². The number of hydrogen-bond donors (Lipinski definition) is 1. The molecule has 1 aromatic carbocycles. The Balaban J connectivity index is 0.00000300. The largest absolute Gasteiger partial charge is 0.497 e. The minimum atomic E-state index is 0. The topological polar surface area (TPSA) is 53.0 Å². The fraction of sp³-hybridized carbons (Fsp3) is 0.524. The zero-order valence-electron chi connectivity index (χ0n) is 17.6. The van der Waals surface area contributed by atoms with Crippen LogP contribution in [-0.4, -0.2) is 62.2 Å². The predicted octanol–water partition coefficient (Wildman–Crippen LogP) is 3.66. The van der Waals surface area contributed by atoms with Gasteiger partial charge in [-0.15, -0.1) is 35.3 Å². The lowest BCUT2D eigenvalue weighted by molar-refractivity contribution is 0.372. The van der Waals surface area contributed by atoms with Gasteiger partial charge in [0, 0.05) is 56.8 Å². The number of thiazole rings is 1. The summed E-state index contributed by atoms with van der Waals surface area (Å²) in [6.07, 6.45) is 1.91. The lowest BCUT2D eigenvalue weighted by Crippen LogP contribution is -2.52. The van der Waals surface area contributed by atoms with E-state index >= 15 is 0 Å². The van der Waals surface area contributed by atoms with E-state index in [0.717, 1.165) is 69.5 Å². The summed E-state index contributed by atoms with van der Waals surface area (Å²) in [6, 6.07) is 8.31. The van der Waals surface area contributed by atoms with Crippen molar-refractivity contribution in [2.24, 2.45) is 4.99 Å². The van der Waals surface area contributed by atoms with Crippen molar-refractivity contribution in [1.29, 1.82) is 0 Å². The summed E-state index contributed by atoms with van der Waals surface area (Å²) < 4.78 is 5.25. The summed E-state index contributed by atoms with van der Waals surface area (Å²) in [4.78, 5) is 14.3. The molecule has 1 aliphatic heterocycles. The first-order chi connectivity index (χ1) is 13.7. The fourth-order valence-electron chi connectivity index (χ4n) is 3.30. The van der Waals surface area contributed by atoms with Crippen molar-refractivity contribution in [3.8, 4) is 5.75 Å². The molecular formula is C21H32IN5OS. The van der Waals surface area contributed by atoms with Crippen LogP contribution in [0.4, 0.5) is 5.69 Å². The third-order valence-corrected chi connectivity index (χ3v) is 5.92. The van der Waals surface area contributed by atoms with Crippen molar-refractivity contribution < 1.29 is 4.74 Å². The first-order valence-corrected chi connectivity index (χ1v) is 11.0. The number of piperazine rings is 1. The molecule has 0 atom stereocenters. The summed E-state index contributed by atoms with van der Waals surface area (Å²) >= 11 is 1.75. The van der Waals surface area contributed by atoms with E-state index in [1.807, 2.05) is 12.1 Å². The number of methoxy groups -OCH3 is 1. The number of hydrogen-bond acceptors (Lipinski definition) is 5. The van der Waals surface area contributed by atoms with E-state index < -0.39 is 0 Å². The molecule has 1 saturated heterocycles. The molecule has 0 spiro atoms. The smallest absolute Gasteiger partial charge is 0.194 e. The standard InChI is InChI=1S/C21H31N5OS.HI/c1-4-20-24-17(16-28-20)10-11-23-21(22-5-2)26-14-12-25(13-15-26)18-6-8-19(27-3)9-7-18;/h6-9,16H,4-5,10-15H2,1-3H3,(H,22,23);1H. The number of rotatable bonds is 7. The van der Waals surface area contributed by atoms with Crippen molar-refractivity contribution in [3.05, 3.63) is 40.3 Å². The van der Waals surface area contributed by atoms with Gasteiger partial charge >= 0.3 is 0 Å². The molecule has 2 heterocycles. The molecule has 1 aliphatic rings. The Hall–Kier alpha value is -1.55. The number of aryl methyl sites for hydroxylation is 1. The summed E-state index contributed by atoms with van der Waals surface area (Å²) in [5, 5.41) is 6.82. The van der Waals surface area contributed by atoms with Crippen LogP contribution in [0.2, 0.25) is 0 Å². The number of guanidine groups is 1. The third-order valence-electron chi connectivity index (χ3n) is 4.88. The number of nitrogens with zero attached hydrogens (tertiary/aromatic N) is 4. The van der Waals surface area contributed by atoms with E-state index in [9.17, 15) is 0 Å². The van der Waals surface area contributed by atoms with Gasteiger partial charge in [0.25, 0.3) is 0 Å².